The Labute approximate surface area is 111 Å². The van der Waals surface area contributed by atoms with Crippen molar-refractivity contribution >= 4 is 11.7 Å². The zero-order valence-corrected chi connectivity index (χ0v) is 10.9. The second-order valence-corrected chi connectivity index (χ2v) is 5.25. The third-order valence-corrected chi connectivity index (χ3v) is 4.08. The molecule has 2 aliphatic rings. The van der Waals surface area contributed by atoms with E-state index in [0.717, 1.165) is 18.5 Å². The first-order valence-corrected chi connectivity index (χ1v) is 6.59. The number of aromatic amines is 1. The maximum atomic E-state index is 12.3. The van der Waals surface area contributed by atoms with E-state index in [4.69, 9.17) is 4.74 Å². The van der Waals surface area contributed by atoms with Crippen molar-refractivity contribution in [2.45, 2.75) is 31.8 Å². The fourth-order valence-corrected chi connectivity index (χ4v) is 2.88. The minimum Gasteiger partial charge on any atom is -0.367 e. The Morgan fingerprint density at radius 3 is 2.95 bits per heavy atom. The summed E-state index contributed by atoms with van der Waals surface area (Å²) < 4.78 is 5.63. The van der Waals surface area contributed by atoms with Crippen LogP contribution in [0.15, 0.2) is 6.20 Å². The lowest BCUT2D eigenvalue weighted by Gasteiger charge is -2.37. The largest absolute Gasteiger partial charge is 0.367 e. The number of hydrogen-bond acceptors (Lipinski definition) is 4. The number of hydrogen-bond donors (Lipinski definition) is 1. The third-order valence-electron chi connectivity index (χ3n) is 4.08. The predicted molar refractivity (Wildman–Crippen MR) is 66.8 cm³/mol. The highest BCUT2D eigenvalue weighted by atomic mass is 16.5. The third kappa shape index (κ3) is 1.96. The van der Waals surface area contributed by atoms with Crippen LogP contribution in [-0.2, 0) is 9.53 Å². The zero-order valence-electron chi connectivity index (χ0n) is 10.9. The minimum atomic E-state index is -0.609. The summed E-state index contributed by atoms with van der Waals surface area (Å²) in [5.74, 6) is -0.0989. The van der Waals surface area contributed by atoms with Gasteiger partial charge >= 0.3 is 0 Å². The van der Waals surface area contributed by atoms with Gasteiger partial charge in [-0.25, -0.2) is 0 Å². The van der Waals surface area contributed by atoms with Gasteiger partial charge in [0.2, 0.25) is 0 Å². The SMILES string of the molecule is Cc1[nH]ncc1C(=O)N1CC[C@]2(CCCO2)C(=O)C1. The van der Waals surface area contributed by atoms with Gasteiger partial charge in [-0.05, 0) is 19.8 Å². The van der Waals surface area contributed by atoms with E-state index in [0.29, 0.717) is 25.1 Å². The van der Waals surface area contributed by atoms with E-state index >= 15 is 0 Å². The van der Waals surface area contributed by atoms with Gasteiger partial charge in [0.1, 0.15) is 5.60 Å². The first kappa shape index (κ1) is 12.3. The smallest absolute Gasteiger partial charge is 0.257 e. The summed E-state index contributed by atoms with van der Waals surface area (Å²) >= 11 is 0. The van der Waals surface area contributed by atoms with Crippen LogP contribution in [0.3, 0.4) is 0 Å². The molecule has 0 aromatic carbocycles. The van der Waals surface area contributed by atoms with Gasteiger partial charge in [0.05, 0.1) is 18.3 Å². The number of likely N-dealkylation sites (tertiary alicyclic amines) is 1. The number of Topliss-reactive ketones (excluding diaryl/α,β-unsaturated/α-hetero) is 1. The molecule has 2 saturated heterocycles. The Balaban J connectivity index is 1.74. The highest BCUT2D eigenvalue weighted by Gasteiger charge is 2.46. The van der Waals surface area contributed by atoms with Crippen LogP contribution in [0.1, 0.15) is 35.3 Å². The molecule has 102 valence electrons. The number of H-pyrrole nitrogens is 1. The molecule has 0 saturated carbocycles. The zero-order chi connectivity index (χ0) is 13.5. The molecule has 1 aromatic rings. The number of rotatable bonds is 1. The lowest BCUT2D eigenvalue weighted by molar-refractivity contribution is -0.144. The number of piperidine rings is 1. The van der Waals surface area contributed by atoms with Crippen molar-refractivity contribution in [2.24, 2.45) is 0 Å². The van der Waals surface area contributed by atoms with Crippen LogP contribution in [0.5, 0.6) is 0 Å². The molecule has 0 aliphatic carbocycles. The van der Waals surface area contributed by atoms with Crippen LogP contribution in [0, 0.1) is 6.92 Å². The van der Waals surface area contributed by atoms with Crippen molar-refractivity contribution in [3.8, 4) is 0 Å². The van der Waals surface area contributed by atoms with E-state index in [1.54, 1.807) is 11.8 Å². The van der Waals surface area contributed by atoms with Gasteiger partial charge in [0.15, 0.2) is 5.78 Å². The van der Waals surface area contributed by atoms with Gasteiger partial charge in [0, 0.05) is 25.3 Å². The second-order valence-electron chi connectivity index (χ2n) is 5.25. The van der Waals surface area contributed by atoms with Gasteiger partial charge in [-0.2, -0.15) is 5.10 Å². The van der Waals surface area contributed by atoms with Crippen LogP contribution in [0.2, 0.25) is 0 Å². The molecule has 6 nitrogen and oxygen atoms in total. The number of carbonyl (C=O) groups excluding carboxylic acids is 2. The highest BCUT2D eigenvalue weighted by molar-refractivity contribution is 6.00. The molecular weight excluding hydrogens is 246 g/mol. The second kappa shape index (κ2) is 4.45. The molecule has 1 atom stereocenters. The Morgan fingerprint density at radius 2 is 2.37 bits per heavy atom. The van der Waals surface area contributed by atoms with Gasteiger partial charge in [-0.15, -0.1) is 0 Å². The van der Waals surface area contributed by atoms with Crippen molar-refractivity contribution < 1.29 is 14.3 Å². The van der Waals surface area contributed by atoms with Gasteiger partial charge in [-0.3, -0.25) is 14.7 Å². The molecule has 2 aliphatic heterocycles. The predicted octanol–water partition coefficient (Wildman–Crippen LogP) is 0.682. The van der Waals surface area contributed by atoms with E-state index < -0.39 is 5.60 Å². The maximum Gasteiger partial charge on any atom is 0.257 e. The minimum absolute atomic E-state index is 0.0331. The summed E-state index contributed by atoms with van der Waals surface area (Å²) in [5.41, 5.74) is 0.660. The Morgan fingerprint density at radius 1 is 1.53 bits per heavy atom. The number of nitrogens with one attached hydrogen (secondary N) is 1. The summed E-state index contributed by atoms with van der Waals surface area (Å²) in [4.78, 5) is 26.1. The molecular formula is C13H17N3O3. The number of nitrogens with zero attached hydrogens (tertiary/aromatic N) is 2. The summed E-state index contributed by atoms with van der Waals surface area (Å²) in [7, 11) is 0. The highest BCUT2D eigenvalue weighted by Crippen LogP contribution is 2.33. The number of ketones is 1. The molecule has 0 bridgehead atoms. The maximum absolute atomic E-state index is 12.3. The molecule has 1 N–H and O–H groups in total. The van der Waals surface area contributed by atoms with Crippen molar-refractivity contribution in [2.75, 3.05) is 19.7 Å². The fourth-order valence-electron chi connectivity index (χ4n) is 2.88. The van der Waals surface area contributed by atoms with E-state index in [1.165, 1.54) is 6.20 Å². The van der Waals surface area contributed by atoms with Crippen LogP contribution < -0.4 is 0 Å². The fraction of sp³-hybridized carbons (Fsp3) is 0.615. The molecule has 1 spiro atoms. The molecule has 0 unspecified atom stereocenters. The Hall–Kier alpha value is -1.69. The normalized spacial score (nSPS) is 27.2. The average molecular weight is 263 g/mol. The van der Waals surface area contributed by atoms with E-state index in [9.17, 15) is 9.59 Å². The molecule has 2 fully saturated rings. The van der Waals surface area contributed by atoms with Crippen molar-refractivity contribution in [1.82, 2.24) is 15.1 Å². The van der Waals surface area contributed by atoms with Crippen molar-refractivity contribution in [3.63, 3.8) is 0 Å². The van der Waals surface area contributed by atoms with Crippen LogP contribution in [0.4, 0.5) is 0 Å². The molecule has 6 heteroatoms. The molecule has 0 radical (unpaired) electrons. The number of aromatic nitrogens is 2. The van der Waals surface area contributed by atoms with Crippen LogP contribution >= 0.6 is 0 Å². The number of ether oxygens (including phenoxy) is 1. The molecule has 19 heavy (non-hydrogen) atoms. The molecule has 1 aromatic heterocycles. The summed E-state index contributed by atoms with van der Waals surface area (Å²) in [5, 5.41) is 6.59. The van der Waals surface area contributed by atoms with Crippen molar-refractivity contribution in [3.05, 3.63) is 17.5 Å². The summed E-state index contributed by atoms with van der Waals surface area (Å²) in [6, 6.07) is 0. The first-order valence-electron chi connectivity index (χ1n) is 6.59. The van der Waals surface area contributed by atoms with Gasteiger partial charge in [-0.1, -0.05) is 0 Å². The molecule has 1 amide bonds. The van der Waals surface area contributed by atoms with Gasteiger partial charge in [0.25, 0.3) is 5.91 Å². The van der Waals surface area contributed by atoms with Crippen LogP contribution in [-0.4, -0.2) is 52.1 Å². The molecule has 3 rings (SSSR count). The summed E-state index contributed by atoms with van der Waals surface area (Å²) in [6.07, 6.45) is 3.84. The topological polar surface area (TPSA) is 75.3 Å². The Kier molecular flexibility index (Phi) is 2.89. The quantitative estimate of drug-likeness (QED) is 0.808. The standard InChI is InChI=1S/C13H17N3O3/c1-9-10(7-14-15-9)12(18)16-5-4-13(11(17)8-16)3-2-6-19-13/h7H,2-6,8H2,1H3,(H,14,15)/t13-/m1/s1. The van der Waals surface area contributed by atoms with Gasteiger partial charge < -0.3 is 9.64 Å². The van der Waals surface area contributed by atoms with Crippen LogP contribution in [0.25, 0.3) is 0 Å². The first-order chi connectivity index (χ1) is 9.12. The number of carbonyl (C=O) groups is 2. The number of amides is 1. The van der Waals surface area contributed by atoms with E-state index in [-0.39, 0.29) is 18.2 Å². The van der Waals surface area contributed by atoms with Crippen molar-refractivity contribution in [1.29, 1.82) is 0 Å². The Bertz CT molecular complexity index is 517. The lowest BCUT2D eigenvalue weighted by Crippen LogP contribution is -2.53. The van der Waals surface area contributed by atoms with E-state index in [2.05, 4.69) is 10.2 Å². The molecule has 3 heterocycles. The summed E-state index contributed by atoms with van der Waals surface area (Å²) in [6.45, 7) is 3.16. The lowest BCUT2D eigenvalue weighted by atomic mass is 9.87. The average Bonchev–Trinajstić information content (AvgIpc) is 3.02. The van der Waals surface area contributed by atoms with E-state index in [1.807, 2.05) is 0 Å². The monoisotopic (exact) mass is 263 g/mol. The number of aryl methyl sites for hydroxylation is 1.